The van der Waals surface area contributed by atoms with E-state index in [0.717, 1.165) is 23.9 Å². The predicted molar refractivity (Wildman–Crippen MR) is 108 cm³/mol. The maximum absolute atomic E-state index is 12.9. The van der Waals surface area contributed by atoms with Gasteiger partial charge >= 0.3 is 0 Å². The molecule has 4 aromatic rings. The molecule has 0 aromatic carbocycles. The summed E-state index contributed by atoms with van der Waals surface area (Å²) in [6.07, 6.45) is 9.00. The molecule has 0 radical (unpaired) electrons. The second-order valence-electron chi connectivity index (χ2n) is 7.30. The van der Waals surface area contributed by atoms with Crippen LogP contribution in [0.15, 0.2) is 54.0 Å². The van der Waals surface area contributed by atoms with Crippen LogP contribution in [0.3, 0.4) is 0 Å². The summed E-state index contributed by atoms with van der Waals surface area (Å²) in [4.78, 5) is 44.8. The minimum Gasteiger partial charge on any atom is -0.342 e. The van der Waals surface area contributed by atoms with Gasteiger partial charge in [0.15, 0.2) is 11.8 Å². The van der Waals surface area contributed by atoms with Crippen LogP contribution in [-0.4, -0.2) is 30.4 Å². The molecule has 4 aromatic heterocycles. The Morgan fingerprint density at radius 1 is 1.23 bits per heavy atom. The molecular weight excluding hydrogens is 382 g/mol. The number of carbonyl (C=O) groups excluding carboxylic acids is 1. The van der Waals surface area contributed by atoms with E-state index >= 15 is 0 Å². The Morgan fingerprint density at radius 2 is 2.10 bits per heavy atom. The number of hydrogen-bond acceptors (Lipinski definition) is 5. The monoisotopic (exact) mass is 402 g/mol. The van der Waals surface area contributed by atoms with Crippen LogP contribution in [0.1, 0.15) is 41.5 Å². The zero-order valence-corrected chi connectivity index (χ0v) is 16.1. The molecule has 0 bridgehead atoms. The minimum atomic E-state index is -0.361. The molecule has 5 rings (SSSR count). The average molecular weight is 402 g/mol. The zero-order valence-electron chi connectivity index (χ0n) is 16.1. The van der Waals surface area contributed by atoms with Gasteiger partial charge in [-0.1, -0.05) is 0 Å². The highest BCUT2D eigenvalue weighted by molar-refractivity contribution is 5.96. The predicted octanol–water partition coefficient (Wildman–Crippen LogP) is 1.65. The number of pyridine rings is 2. The summed E-state index contributed by atoms with van der Waals surface area (Å²) in [6, 6.07) is 6.57. The van der Waals surface area contributed by atoms with Gasteiger partial charge in [0.1, 0.15) is 12.0 Å². The third-order valence-electron chi connectivity index (χ3n) is 5.34. The third-order valence-corrected chi connectivity index (χ3v) is 5.34. The Balaban J connectivity index is 1.51. The summed E-state index contributed by atoms with van der Waals surface area (Å²) in [5, 5.41) is 3.06. The smallest absolute Gasteiger partial charge is 0.299 e. The molecule has 9 heteroatoms. The van der Waals surface area contributed by atoms with Crippen molar-refractivity contribution in [1.82, 2.24) is 29.8 Å². The van der Waals surface area contributed by atoms with Crippen molar-refractivity contribution in [2.24, 2.45) is 0 Å². The number of amides is 1. The van der Waals surface area contributed by atoms with Gasteiger partial charge in [0.25, 0.3) is 17.1 Å². The number of aromatic amines is 2. The van der Waals surface area contributed by atoms with Gasteiger partial charge in [-0.2, -0.15) is 0 Å². The number of rotatable bonds is 3. The van der Waals surface area contributed by atoms with Crippen LogP contribution in [0.4, 0.5) is 0 Å². The van der Waals surface area contributed by atoms with Gasteiger partial charge in [-0.05, 0) is 37.5 Å². The maximum atomic E-state index is 12.9. The standard InChI is InChI=1S/C21H19N7O2/c29-18-10-16(13-4-6-22-7-5-13)26-20-15(3-1-2-8-28(18)20)27-21(30)14-9-17-19(23-11-14)25-12-24-17/h4-7,9-12,15H,1-3,8H2,(H,27,30)(H,23,24,25)/p+1. The van der Waals surface area contributed by atoms with Crippen LogP contribution >= 0.6 is 0 Å². The maximum Gasteiger partial charge on any atom is 0.299 e. The second-order valence-corrected chi connectivity index (χ2v) is 7.30. The van der Waals surface area contributed by atoms with Gasteiger partial charge in [-0.15, -0.1) is 4.98 Å². The van der Waals surface area contributed by atoms with Crippen LogP contribution < -0.4 is 15.9 Å². The first-order valence-electron chi connectivity index (χ1n) is 9.87. The topological polar surface area (TPSA) is 120 Å². The van der Waals surface area contributed by atoms with E-state index in [-0.39, 0.29) is 17.5 Å². The molecule has 0 aliphatic carbocycles. The van der Waals surface area contributed by atoms with Crippen LogP contribution in [0, 0.1) is 0 Å². The highest BCUT2D eigenvalue weighted by atomic mass is 16.2. The molecule has 1 aliphatic heterocycles. The fourth-order valence-corrected chi connectivity index (χ4v) is 3.81. The van der Waals surface area contributed by atoms with E-state index in [0.29, 0.717) is 35.7 Å². The van der Waals surface area contributed by atoms with Crippen molar-refractivity contribution in [3.63, 3.8) is 0 Å². The van der Waals surface area contributed by atoms with Gasteiger partial charge in [-0.3, -0.25) is 24.1 Å². The molecule has 3 N–H and O–H groups in total. The van der Waals surface area contributed by atoms with Crippen molar-refractivity contribution in [3.05, 3.63) is 70.9 Å². The van der Waals surface area contributed by atoms with Crippen molar-refractivity contribution < 1.29 is 9.78 Å². The summed E-state index contributed by atoms with van der Waals surface area (Å²) in [5.74, 6) is 0.336. The summed E-state index contributed by atoms with van der Waals surface area (Å²) in [5.41, 5.74) is 3.16. The van der Waals surface area contributed by atoms with Gasteiger partial charge < -0.3 is 5.32 Å². The Bertz CT molecular complexity index is 1280. The summed E-state index contributed by atoms with van der Waals surface area (Å²) in [6.45, 7) is 0.593. The molecule has 5 heterocycles. The van der Waals surface area contributed by atoms with Crippen molar-refractivity contribution in [3.8, 4) is 11.3 Å². The number of imidazole rings is 1. The molecule has 0 saturated heterocycles. The fraction of sp³-hybridized carbons (Fsp3) is 0.238. The Morgan fingerprint density at radius 3 is 2.97 bits per heavy atom. The highest BCUT2D eigenvalue weighted by Gasteiger charge is 2.25. The average Bonchev–Trinajstić information content (AvgIpc) is 3.15. The molecule has 0 saturated carbocycles. The van der Waals surface area contributed by atoms with Crippen LogP contribution in [-0.2, 0) is 6.54 Å². The summed E-state index contributed by atoms with van der Waals surface area (Å²) < 4.78 is 1.67. The van der Waals surface area contributed by atoms with Crippen LogP contribution in [0.2, 0.25) is 0 Å². The van der Waals surface area contributed by atoms with Gasteiger partial charge in [0.05, 0.1) is 17.3 Å². The number of aromatic nitrogens is 6. The van der Waals surface area contributed by atoms with E-state index in [1.54, 1.807) is 35.4 Å². The normalized spacial score (nSPS) is 16.1. The lowest BCUT2D eigenvalue weighted by molar-refractivity contribution is -0.347. The summed E-state index contributed by atoms with van der Waals surface area (Å²) >= 11 is 0. The molecule has 9 nitrogen and oxygen atoms in total. The Labute approximate surface area is 171 Å². The highest BCUT2D eigenvalue weighted by Crippen LogP contribution is 2.24. The minimum absolute atomic E-state index is 0.113. The van der Waals surface area contributed by atoms with Crippen LogP contribution in [0.25, 0.3) is 22.4 Å². The lowest BCUT2D eigenvalue weighted by Crippen LogP contribution is -2.34. The summed E-state index contributed by atoms with van der Waals surface area (Å²) in [7, 11) is 0. The van der Waals surface area contributed by atoms with Crippen molar-refractivity contribution in [2.75, 3.05) is 0 Å². The molecule has 150 valence electrons. The number of fused-ring (bicyclic) bond motifs is 2. The van der Waals surface area contributed by atoms with Gasteiger partial charge in [0, 0.05) is 30.6 Å². The Kier molecular flexibility index (Phi) is 4.55. The van der Waals surface area contributed by atoms with E-state index in [4.69, 9.17) is 4.98 Å². The number of H-pyrrole nitrogens is 2. The second kappa shape index (κ2) is 7.51. The number of nitrogens with zero attached hydrogens (tertiary/aromatic N) is 4. The first-order valence-corrected chi connectivity index (χ1v) is 9.87. The molecule has 30 heavy (non-hydrogen) atoms. The van der Waals surface area contributed by atoms with Crippen LogP contribution in [0.5, 0.6) is 0 Å². The first kappa shape index (κ1) is 18.2. The number of carbonyl (C=O) groups is 1. The SMILES string of the molecule is O=C(NC1CCCCn2c1nc(-c1ccncc1)cc2=O)c1cnc2[nH+]c[nH]c2c1. The van der Waals surface area contributed by atoms with E-state index in [9.17, 15) is 9.59 Å². The molecule has 0 spiro atoms. The molecular formula is C21H20N7O2+. The quantitative estimate of drug-likeness (QED) is 0.540. The fourth-order valence-electron chi connectivity index (χ4n) is 3.81. The number of hydrogen-bond donors (Lipinski definition) is 2. The zero-order chi connectivity index (χ0) is 20.5. The first-order chi connectivity index (χ1) is 14.7. The molecule has 1 amide bonds. The molecule has 0 fully saturated rings. The van der Waals surface area contributed by atoms with E-state index in [2.05, 4.69) is 25.3 Å². The largest absolute Gasteiger partial charge is 0.342 e. The Hall–Kier alpha value is -3.88. The van der Waals surface area contributed by atoms with Crippen molar-refractivity contribution in [1.29, 1.82) is 0 Å². The van der Waals surface area contributed by atoms with Gasteiger partial charge in [-0.25, -0.2) is 9.97 Å². The third kappa shape index (κ3) is 3.34. The number of nitrogens with one attached hydrogen (secondary N) is 3. The van der Waals surface area contributed by atoms with E-state index in [1.807, 2.05) is 12.1 Å². The molecule has 1 unspecified atom stereocenters. The van der Waals surface area contributed by atoms with Crippen molar-refractivity contribution >= 4 is 17.1 Å². The molecule has 1 aliphatic rings. The lowest BCUT2D eigenvalue weighted by atomic mass is 10.1. The van der Waals surface area contributed by atoms with Gasteiger partial charge in [0.2, 0.25) is 0 Å². The van der Waals surface area contributed by atoms with Crippen molar-refractivity contribution in [2.45, 2.75) is 31.8 Å². The van der Waals surface area contributed by atoms with E-state index in [1.165, 1.54) is 6.20 Å². The molecule has 1 atom stereocenters. The lowest BCUT2D eigenvalue weighted by Gasteiger charge is -2.19. The van der Waals surface area contributed by atoms with E-state index < -0.39 is 0 Å².